The standard InChI is InChI=1S/C17H20N6O2/c1-10-4-11(2)6-13(5-10)14-7-16(21-19-14)18-17(25)9-23-8-15(12(3)24)20-22-23/h4-8,12,24H,9H2,1-3H3,(H2,18,19,21,25). The van der Waals surface area contributed by atoms with E-state index in [1.165, 1.54) is 10.9 Å². The number of H-pyrrole nitrogens is 1. The Bertz CT molecular complexity index is 876. The van der Waals surface area contributed by atoms with E-state index in [4.69, 9.17) is 0 Å². The highest BCUT2D eigenvalue weighted by Crippen LogP contribution is 2.22. The van der Waals surface area contributed by atoms with Gasteiger partial charge in [-0.05, 0) is 32.9 Å². The van der Waals surface area contributed by atoms with Crippen molar-refractivity contribution in [2.75, 3.05) is 5.32 Å². The van der Waals surface area contributed by atoms with Crippen LogP contribution >= 0.6 is 0 Å². The fourth-order valence-corrected chi connectivity index (χ4v) is 2.58. The maximum atomic E-state index is 12.1. The summed E-state index contributed by atoms with van der Waals surface area (Å²) in [7, 11) is 0. The number of rotatable bonds is 5. The molecule has 1 unspecified atom stereocenters. The maximum Gasteiger partial charge on any atom is 0.247 e. The number of carbonyl (C=O) groups excluding carboxylic acids is 1. The number of hydrogen-bond acceptors (Lipinski definition) is 5. The zero-order chi connectivity index (χ0) is 18.0. The third-order valence-corrected chi connectivity index (χ3v) is 3.67. The van der Waals surface area contributed by atoms with E-state index in [-0.39, 0.29) is 12.5 Å². The van der Waals surface area contributed by atoms with Gasteiger partial charge in [-0.25, -0.2) is 4.68 Å². The molecule has 2 aromatic heterocycles. The first kappa shape index (κ1) is 16.8. The lowest BCUT2D eigenvalue weighted by Crippen LogP contribution is -2.19. The number of amides is 1. The molecule has 2 heterocycles. The maximum absolute atomic E-state index is 12.1. The van der Waals surface area contributed by atoms with Gasteiger partial charge >= 0.3 is 0 Å². The van der Waals surface area contributed by atoms with E-state index in [0.717, 1.165) is 22.4 Å². The summed E-state index contributed by atoms with van der Waals surface area (Å²) >= 11 is 0. The second kappa shape index (κ2) is 6.86. The fraction of sp³-hybridized carbons (Fsp3) is 0.294. The molecule has 3 N–H and O–H groups in total. The molecule has 1 aromatic carbocycles. The number of nitrogens with zero attached hydrogens (tertiary/aromatic N) is 4. The van der Waals surface area contributed by atoms with Crippen molar-refractivity contribution in [2.24, 2.45) is 0 Å². The zero-order valence-corrected chi connectivity index (χ0v) is 14.3. The Labute approximate surface area is 144 Å². The van der Waals surface area contributed by atoms with Crippen LogP contribution in [0, 0.1) is 13.8 Å². The van der Waals surface area contributed by atoms with Crippen molar-refractivity contribution in [2.45, 2.75) is 33.4 Å². The van der Waals surface area contributed by atoms with Crippen molar-refractivity contribution >= 4 is 11.7 Å². The van der Waals surface area contributed by atoms with Crippen molar-refractivity contribution in [3.05, 3.63) is 47.3 Å². The number of aryl methyl sites for hydroxylation is 2. The smallest absolute Gasteiger partial charge is 0.247 e. The molecule has 0 saturated heterocycles. The molecular weight excluding hydrogens is 320 g/mol. The van der Waals surface area contributed by atoms with E-state index in [0.29, 0.717) is 11.5 Å². The molecule has 0 aliphatic rings. The highest BCUT2D eigenvalue weighted by molar-refractivity contribution is 5.90. The Morgan fingerprint density at radius 3 is 2.64 bits per heavy atom. The Balaban J connectivity index is 1.67. The predicted octanol–water partition coefficient (Wildman–Crippen LogP) is 1.98. The summed E-state index contributed by atoms with van der Waals surface area (Å²) in [5.41, 5.74) is 4.60. The number of benzene rings is 1. The number of aliphatic hydroxyl groups excluding tert-OH is 1. The van der Waals surface area contributed by atoms with Crippen LogP contribution in [0.1, 0.15) is 29.8 Å². The van der Waals surface area contributed by atoms with Gasteiger partial charge in [0.2, 0.25) is 5.91 Å². The lowest BCUT2D eigenvalue weighted by Gasteiger charge is -2.02. The fourth-order valence-electron chi connectivity index (χ4n) is 2.58. The Kier molecular flexibility index (Phi) is 4.62. The molecule has 0 spiro atoms. The van der Waals surface area contributed by atoms with Gasteiger partial charge in [-0.2, -0.15) is 5.10 Å². The third kappa shape index (κ3) is 4.10. The molecule has 25 heavy (non-hydrogen) atoms. The molecule has 3 rings (SSSR count). The number of aromatic amines is 1. The topological polar surface area (TPSA) is 109 Å². The van der Waals surface area contributed by atoms with Gasteiger partial charge in [0.05, 0.1) is 18.0 Å². The predicted molar refractivity (Wildman–Crippen MR) is 92.8 cm³/mol. The van der Waals surface area contributed by atoms with Crippen LogP contribution in [0.15, 0.2) is 30.5 Å². The summed E-state index contributed by atoms with van der Waals surface area (Å²) in [5, 5.41) is 26.8. The van der Waals surface area contributed by atoms with Crippen LogP contribution in [-0.4, -0.2) is 36.2 Å². The summed E-state index contributed by atoms with van der Waals surface area (Å²) < 4.78 is 1.37. The van der Waals surface area contributed by atoms with E-state index < -0.39 is 6.10 Å². The Morgan fingerprint density at radius 1 is 1.28 bits per heavy atom. The summed E-state index contributed by atoms with van der Waals surface area (Å²) in [4.78, 5) is 12.1. The van der Waals surface area contributed by atoms with Gasteiger partial charge in [-0.15, -0.1) is 5.10 Å². The summed E-state index contributed by atoms with van der Waals surface area (Å²) in [5.74, 6) is 0.163. The van der Waals surface area contributed by atoms with Gasteiger partial charge in [-0.1, -0.05) is 22.4 Å². The van der Waals surface area contributed by atoms with Crippen LogP contribution < -0.4 is 5.32 Å². The average molecular weight is 340 g/mol. The van der Waals surface area contributed by atoms with Crippen molar-refractivity contribution in [3.8, 4) is 11.3 Å². The molecule has 3 aromatic rings. The van der Waals surface area contributed by atoms with Crippen LogP contribution in [-0.2, 0) is 11.3 Å². The number of carbonyl (C=O) groups is 1. The number of hydrogen-bond donors (Lipinski definition) is 3. The number of aromatic nitrogens is 5. The number of aliphatic hydroxyl groups is 1. The lowest BCUT2D eigenvalue weighted by atomic mass is 10.1. The van der Waals surface area contributed by atoms with E-state index in [9.17, 15) is 9.90 Å². The minimum absolute atomic E-state index is 0.00847. The first-order valence-corrected chi connectivity index (χ1v) is 7.93. The summed E-state index contributed by atoms with van der Waals surface area (Å²) in [6.45, 7) is 5.66. The first-order chi connectivity index (χ1) is 11.9. The van der Waals surface area contributed by atoms with E-state index in [1.807, 2.05) is 13.8 Å². The van der Waals surface area contributed by atoms with Crippen molar-refractivity contribution < 1.29 is 9.90 Å². The Morgan fingerprint density at radius 2 is 2.00 bits per heavy atom. The molecular formula is C17H20N6O2. The third-order valence-electron chi connectivity index (χ3n) is 3.67. The van der Waals surface area contributed by atoms with Gasteiger partial charge in [0.25, 0.3) is 0 Å². The minimum atomic E-state index is -0.719. The molecule has 0 aliphatic carbocycles. The highest BCUT2D eigenvalue weighted by Gasteiger charge is 2.11. The molecule has 0 bridgehead atoms. The molecule has 1 atom stereocenters. The van der Waals surface area contributed by atoms with E-state index in [1.54, 1.807) is 13.0 Å². The van der Waals surface area contributed by atoms with Crippen LogP contribution in [0.3, 0.4) is 0 Å². The highest BCUT2D eigenvalue weighted by atomic mass is 16.3. The van der Waals surface area contributed by atoms with Gasteiger partial charge in [0.15, 0.2) is 5.82 Å². The van der Waals surface area contributed by atoms with Crippen LogP contribution in [0.4, 0.5) is 5.82 Å². The van der Waals surface area contributed by atoms with Gasteiger partial charge in [0, 0.05) is 11.6 Å². The Hall–Kier alpha value is -3.00. The average Bonchev–Trinajstić information content (AvgIpc) is 3.15. The molecule has 1 amide bonds. The molecule has 0 radical (unpaired) electrons. The SMILES string of the molecule is Cc1cc(C)cc(-c2cc(NC(=O)Cn3cc(C(C)O)nn3)n[nH]2)c1. The normalized spacial score (nSPS) is 12.2. The molecule has 8 heteroatoms. The van der Waals surface area contributed by atoms with Crippen molar-refractivity contribution in [1.82, 2.24) is 25.2 Å². The van der Waals surface area contributed by atoms with Crippen LogP contribution in [0.5, 0.6) is 0 Å². The molecule has 0 aliphatic heterocycles. The summed E-state index contributed by atoms with van der Waals surface area (Å²) in [6.07, 6.45) is 0.818. The number of anilines is 1. The zero-order valence-electron chi connectivity index (χ0n) is 14.3. The first-order valence-electron chi connectivity index (χ1n) is 7.93. The molecule has 0 saturated carbocycles. The van der Waals surface area contributed by atoms with Gasteiger partial charge in [-0.3, -0.25) is 9.89 Å². The van der Waals surface area contributed by atoms with Crippen LogP contribution in [0.25, 0.3) is 11.3 Å². The van der Waals surface area contributed by atoms with E-state index >= 15 is 0 Å². The molecule has 8 nitrogen and oxygen atoms in total. The van der Waals surface area contributed by atoms with Gasteiger partial charge < -0.3 is 10.4 Å². The monoisotopic (exact) mass is 340 g/mol. The van der Waals surface area contributed by atoms with Crippen LogP contribution in [0.2, 0.25) is 0 Å². The quantitative estimate of drug-likeness (QED) is 0.658. The summed E-state index contributed by atoms with van der Waals surface area (Å²) in [6, 6.07) is 8.00. The van der Waals surface area contributed by atoms with E-state index in [2.05, 4.69) is 44.0 Å². The molecule has 130 valence electrons. The molecule has 0 fully saturated rings. The second-order valence-corrected chi connectivity index (χ2v) is 6.11. The largest absolute Gasteiger partial charge is 0.387 e. The van der Waals surface area contributed by atoms with Crippen molar-refractivity contribution in [1.29, 1.82) is 0 Å². The number of nitrogens with one attached hydrogen (secondary N) is 2. The van der Waals surface area contributed by atoms with Crippen molar-refractivity contribution in [3.63, 3.8) is 0 Å². The lowest BCUT2D eigenvalue weighted by molar-refractivity contribution is -0.117. The minimum Gasteiger partial charge on any atom is -0.387 e. The van der Waals surface area contributed by atoms with Gasteiger partial charge in [0.1, 0.15) is 12.2 Å². The second-order valence-electron chi connectivity index (χ2n) is 6.11.